The fraction of sp³-hybridized carbons (Fsp3) is 0.667. The molecular weight excluding hydrogens is 188 g/mol. The molecule has 0 bridgehead atoms. The molecule has 1 atom stereocenters. The van der Waals surface area contributed by atoms with Crippen LogP contribution in [0.4, 0.5) is 0 Å². The molecule has 0 saturated carbocycles. The van der Waals surface area contributed by atoms with Gasteiger partial charge in [0.25, 0.3) is 0 Å². The van der Waals surface area contributed by atoms with Crippen molar-refractivity contribution in [1.29, 1.82) is 0 Å². The zero-order chi connectivity index (χ0) is 11.3. The molecule has 3 nitrogen and oxygen atoms in total. The van der Waals surface area contributed by atoms with Crippen LogP contribution >= 0.6 is 0 Å². The van der Waals surface area contributed by atoms with Gasteiger partial charge >= 0.3 is 0 Å². The number of nitrogens with two attached hydrogens (primary N) is 1. The maximum Gasteiger partial charge on any atom is 0.101 e. The fourth-order valence-corrected chi connectivity index (χ4v) is 1.90. The first kappa shape index (κ1) is 12.3. The molecule has 1 aromatic heterocycles. The lowest BCUT2D eigenvalue weighted by molar-refractivity contribution is 0.373. The van der Waals surface area contributed by atoms with E-state index in [2.05, 4.69) is 19.3 Å². The molecular formula is C12H22N2O. The van der Waals surface area contributed by atoms with E-state index in [-0.39, 0.29) is 6.04 Å². The maximum absolute atomic E-state index is 5.58. The standard InChI is InChI=1S/C12H22N2O/c1-4-10(5-2)7-12(14-13)11-6-9(3)15-8-11/h6,8,10,12,14H,4-5,7,13H2,1-3H3. The summed E-state index contributed by atoms with van der Waals surface area (Å²) in [6, 6.07) is 2.26. The highest BCUT2D eigenvalue weighted by Crippen LogP contribution is 2.25. The molecule has 0 aliphatic rings. The van der Waals surface area contributed by atoms with Gasteiger partial charge in [-0.3, -0.25) is 11.3 Å². The minimum atomic E-state index is 0.215. The molecule has 0 saturated heterocycles. The topological polar surface area (TPSA) is 51.2 Å². The average Bonchev–Trinajstić information content (AvgIpc) is 2.67. The minimum Gasteiger partial charge on any atom is -0.469 e. The Bertz CT molecular complexity index is 279. The molecule has 0 amide bonds. The van der Waals surface area contributed by atoms with Crippen molar-refractivity contribution in [2.24, 2.45) is 11.8 Å². The lowest BCUT2D eigenvalue weighted by Crippen LogP contribution is -2.29. The number of rotatable bonds is 6. The van der Waals surface area contributed by atoms with E-state index in [4.69, 9.17) is 10.3 Å². The lowest BCUT2D eigenvalue weighted by Gasteiger charge is -2.19. The number of furan rings is 1. The first-order valence-corrected chi connectivity index (χ1v) is 5.72. The van der Waals surface area contributed by atoms with Crippen LogP contribution in [-0.4, -0.2) is 0 Å². The molecule has 0 fully saturated rings. The van der Waals surface area contributed by atoms with Crippen LogP contribution in [-0.2, 0) is 0 Å². The first-order chi connectivity index (χ1) is 7.21. The largest absolute Gasteiger partial charge is 0.469 e. The monoisotopic (exact) mass is 210 g/mol. The van der Waals surface area contributed by atoms with Gasteiger partial charge in [-0.15, -0.1) is 0 Å². The third-order valence-electron chi connectivity index (χ3n) is 3.08. The summed E-state index contributed by atoms with van der Waals surface area (Å²) in [5.41, 5.74) is 4.03. The van der Waals surface area contributed by atoms with E-state index in [1.54, 1.807) is 6.26 Å². The normalized spacial score (nSPS) is 13.4. The Kier molecular flexibility index (Phi) is 4.85. The smallest absolute Gasteiger partial charge is 0.101 e. The highest BCUT2D eigenvalue weighted by Gasteiger charge is 2.16. The second kappa shape index (κ2) is 5.93. The summed E-state index contributed by atoms with van der Waals surface area (Å²) in [6.07, 6.45) is 5.27. The van der Waals surface area contributed by atoms with Crippen molar-refractivity contribution in [1.82, 2.24) is 5.43 Å². The molecule has 86 valence electrons. The van der Waals surface area contributed by atoms with Gasteiger partial charge < -0.3 is 4.42 Å². The van der Waals surface area contributed by atoms with E-state index in [0.29, 0.717) is 0 Å². The number of aryl methyl sites for hydroxylation is 1. The van der Waals surface area contributed by atoms with E-state index in [1.165, 1.54) is 12.8 Å². The quantitative estimate of drug-likeness (QED) is 0.560. The number of hydrogen-bond donors (Lipinski definition) is 2. The van der Waals surface area contributed by atoms with E-state index in [0.717, 1.165) is 23.7 Å². The SMILES string of the molecule is CCC(CC)CC(NN)c1coc(C)c1. The van der Waals surface area contributed by atoms with E-state index in [1.807, 2.05) is 13.0 Å². The van der Waals surface area contributed by atoms with Gasteiger partial charge in [-0.1, -0.05) is 26.7 Å². The van der Waals surface area contributed by atoms with Crippen molar-refractivity contribution in [2.45, 2.75) is 46.1 Å². The summed E-state index contributed by atoms with van der Waals surface area (Å²) in [5.74, 6) is 7.24. The van der Waals surface area contributed by atoms with E-state index < -0.39 is 0 Å². The predicted molar refractivity (Wildman–Crippen MR) is 62.2 cm³/mol. The molecule has 0 spiro atoms. The van der Waals surface area contributed by atoms with E-state index in [9.17, 15) is 0 Å². The summed E-state index contributed by atoms with van der Waals surface area (Å²) in [6.45, 7) is 6.40. The van der Waals surface area contributed by atoms with Crippen molar-refractivity contribution >= 4 is 0 Å². The molecule has 1 rings (SSSR count). The predicted octanol–water partition coefficient (Wildman–Crippen LogP) is 2.92. The Labute approximate surface area is 92.0 Å². The summed E-state index contributed by atoms with van der Waals surface area (Å²) in [4.78, 5) is 0. The summed E-state index contributed by atoms with van der Waals surface area (Å²) < 4.78 is 5.30. The molecule has 3 heteroatoms. The van der Waals surface area contributed by atoms with Gasteiger partial charge in [0, 0.05) is 11.6 Å². The summed E-state index contributed by atoms with van der Waals surface area (Å²) >= 11 is 0. The highest BCUT2D eigenvalue weighted by atomic mass is 16.3. The van der Waals surface area contributed by atoms with E-state index >= 15 is 0 Å². The second-order valence-corrected chi connectivity index (χ2v) is 4.13. The molecule has 0 radical (unpaired) electrons. The molecule has 0 aromatic carbocycles. The molecule has 15 heavy (non-hydrogen) atoms. The third-order valence-corrected chi connectivity index (χ3v) is 3.08. The van der Waals surface area contributed by atoms with Crippen molar-refractivity contribution in [3.05, 3.63) is 23.7 Å². The Morgan fingerprint density at radius 1 is 1.40 bits per heavy atom. The van der Waals surface area contributed by atoms with Gasteiger partial charge in [0.05, 0.1) is 6.26 Å². The fourth-order valence-electron chi connectivity index (χ4n) is 1.90. The van der Waals surface area contributed by atoms with Gasteiger partial charge in [0.2, 0.25) is 0 Å². The van der Waals surface area contributed by atoms with Gasteiger partial charge in [-0.05, 0) is 25.3 Å². The molecule has 0 aliphatic heterocycles. The average molecular weight is 210 g/mol. The minimum absolute atomic E-state index is 0.215. The van der Waals surface area contributed by atoms with Gasteiger partial charge in [-0.25, -0.2) is 0 Å². The van der Waals surface area contributed by atoms with Crippen LogP contribution in [0.5, 0.6) is 0 Å². The Morgan fingerprint density at radius 2 is 2.07 bits per heavy atom. The zero-order valence-corrected chi connectivity index (χ0v) is 9.92. The lowest BCUT2D eigenvalue weighted by atomic mass is 9.92. The Balaban J connectivity index is 2.63. The second-order valence-electron chi connectivity index (χ2n) is 4.13. The number of hydrogen-bond acceptors (Lipinski definition) is 3. The van der Waals surface area contributed by atoms with Crippen LogP contribution in [0.1, 0.15) is 50.5 Å². The van der Waals surface area contributed by atoms with Crippen LogP contribution in [0, 0.1) is 12.8 Å². The number of hydrazine groups is 1. The van der Waals surface area contributed by atoms with Crippen LogP contribution in [0.25, 0.3) is 0 Å². The summed E-state index contributed by atoms with van der Waals surface area (Å²) in [5, 5.41) is 0. The number of nitrogens with one attached hydrogen (secondary N) is 1. The van der Waals surface area contributed by atoms with Crippen molar-refractivity contribution in [3.63, 3.8) is 0 Å². The third kappa shape index (κ3) is 3.36. The van der Waals surface area contributed by atoms with Crippen LogP contribution < -0.4 is 11.3 Å². The van der Waals surface area contributed by atoms with Crippen molar-refractivity contribution in [2.75, 3.05) is 0 Å². The Hall–Kier alpha value is -0.800. The molecule has 0 aliphatic carbocycles. The summed E-state index contributed by atoms with van der Waals surface area (Å²) in [7, 11) is 0. The molecule has 3 N–H and O–H groups in total. The van der Waals surface area contributed by atoms with Gasteiger partial charge in [-0.2, -0.15) is 0 Å². The molecule has 1 heterocycles. The first-order valence-electron chi connectivity index (χ1n) is 5.72. The van der Waals surface area contributed by atoms with Crippen molar-refractivity contribution < 1.29 is 4.42 Å². The van der Waals surface area contributed by atoms with Crippen LogP contribution in [0.2, 0.25) is 0 Å². The zero-order valence-electron chi connectivity index (χ0n) is 9.92. The highest BCUT2D eigenvalue weighted by molar-refractivity contribution is 5.16. The van der Waals surface area contributed by atoms with Crippen LogP contribution in [0.3, 0.4) is 0 Å². The van der Waals surface area contributed by atoms with Crippen LogP contribution in [0.15, 0.2) is 16.7 Å². The molecule has 1 unspecified atom stereocenters. The van der Waals surface area contributed by atoms with Gasteiger partial charge in [0.15, 0.2) is 0 Å². The van der Waals surface area contributed by atoms with Crippen molar-refractivity contribution in [3.8, 4) is 0 Å². The maximum atomic E-state index is 5.58. The Morgan fingerprint density at radius 3 is 2.47 bits per heavy atom. The molecule has 1 aromatic rings. The van der Waals surface area contributed by atoms with Gasteiger partial charge in [0.1, 0.15) is 5.76 Å².